The molecule has 0 aliphatic carbocycles. The maximum atomic E-state index is 12.9. The molecule has 0 aromatic carbocycles. The average molecular weight is 458 g/mol. The van der Waals surface area contributed by atoms with Crippen LogP contribution in [0.4, 0.5) is 4.79 Å². The van der Waals surface area contributed by atoms with E-state index >= 15 is 0 Å². The molecule has 0 saturated carbocycles. The molecule has 12 heteroatoms. The fourth-order valence-electron chi connectivity index (χ4n) is 2.68. The van der Waals surface area contributed by atoms with E-state index in [0.717, 1.165) is 0 Å². The third-order valence-corrected chi connectivity index (χ3v) is 4.31. The van der Waals surface area contributed by atoms with E-state index in [2.05, 4.69) is 26.0 Å². The Morgan fingerprint density at radius 1 is 0.969 bits per heavy atom. The van der Waals surface area contributed by atoms with E-state index in [1.54, 1.807) is 48.5 Å². The van der Waals surface area contributed by atoms with E-state index in [-0.39, 0.29) is 24.8 Å². The van der Waals surface area contributed by atoms with E-state index < -0.39 is 47.6 Å². The van der Waals surface area contributed by atoms with Crippen molar-refractivity contribution in [2.75, 3.05) is 6.54 Å². The quantitative estimate of drug-likeness (QED) is 0.168. The number of alkyl carbamates (subject to hydrolysis) is 1. The Labute approximate surface area is 188 Å². The second-order valence-corrected chi connectivity index (χ2v) is 9.10. The second kappa shape index (κ2) is 13.4. The molecule has 32 heavy (non-hydrogen) atoms. The maximum absolute atomic E-state index is 12.9. The molecule has 5 N–H and O–H groups in total. The van der Waals surface area contributed by atoms with E-state index in [9.17, 15) is 24.3 Å². The van der Waals surface area contributed by atoms with Gasteiger partial charge < -0.3 is 25.8 Å². The molecular weight excluding hydrogens is 420 g/mol. The second-order valence-electron chi connectivity index (χ2n) is 9.10. The average Bonchev–Trinajstić information content (AvgIpc) is 2.63. The Balaban J connectivity index is 5.44. The van der Waals surface area contributed by atoms with Crippen molar-refractivity contribution < 1.29 is 29.0 Å². The predicted molar refractivity (Wildman–Crippen MR) is 116 cm³/mol. The summed E-state index contributed by atoms with van der Waals surface area (Å²) in [6.45, 7) is 12.0. The van der Waals surface area contributed by atoms with Gasteiger partial charge in [-0.1, -0.05) is 27.7 Å². The van der Waals surface area contributed by atoms with Crippen molar-refractivity contribution in [2.45, 2.75) is 85.0 Å². The predicted octanol–water partition coefficient (Wildman–Crippen LogP) is 1.58. The van der Waals surface area contributed by atoms with Gasteiger partial charge in [-0.15, -0.1) is 0 Å². The topological polar surface area (TPSA) is 184 Å². The number of carbonyl (C=O) groups excluding carboxylic acids is 3. The molecular formula is C20H37N6O6+. The summed E-state index contributed by atoms with van der Waals surface area (Å²) < 4.78 is 5.20. The fourth-order valence-corrected chi connectivity index (χ4v) is 2.68. The highest BCUT2D eigenvalue weighted by molar-refractivity contribution is 5.93. The molecule has 0 radical (unpaired) electrons. The van der Waals surface area contributed by atoms with Crippen molar-refractivity contribution in [1.29, 1.82) is 5.53 Å². The summed E-state index contributed by atoms with van der Waals surface area (Å²) in [7, 11) is 0. The van der Waals surface area contributed by atoms with Crippen LogP contribution in [0.15, 0.2) is 5.11 Å². The number of amides is 3. The number of carboxylic acids is 1. The molecule has 0 aliphatic rings. The van der Waals surface area contributed by atoms with Crippen molar-refractivity contribution in [3.63, 3.8) is 0 Å². The molecule has 0 heterocycles. The normalized spacial score (nSPS) is 14.0. The Bertz CT molecular complexity index is 712. The van der Waals surface area contributed by atoms with E-state index in [1.807, 2.05) is 0 Å². The summed E-state index contributed by atoms with van der Waals surface area (Å²) in [4.78, 5) is 52.1. The lowest BCUT2D eigenvalue weighted by atomic mass is 9.99. The number of hydrogen-bond donors (Lipinski definition) is 5. The fraction of sp³-hybridized carbons (Fsp3) is 0.800. The zero-order valence-corrected chi connectivity index (χ0v) is 19.9. The Morgan fingerprint density at radius 3 is 1.94 bits per heavy atom. The molecule has 3 amide bonds. The van der Waals surface area contributed by atoms with Gasteiger partial charge in [0.25, 0.3) is 0 Å². The van der Waals surface area contributed by atoms with E-state index in [1.165, 1.54) is 0 Å². The summed E-state index contributed by atoms with van der Waals surface area (Å²) in [6.07, 6.45) is -0.278. The van der Waals surface area contributed by atoms with Crippen LogP contribution in [0.25, 0.3) is 0 Å². The molecule has 3 atom stereocenters. The van der Waals surface area contributed by atoms with E-state index in [0.29, 0.717) is 6.42 Å². The zero-order chi connectivity index (χ0) is 25.1. The summed E-state index contributed by atoms with van der Waals surface area (Å²) in [6, 6.07) is -3.15. The number of carboxylic acid groups (broad SMARTS) is 1. The van der Waals surface area contributed by atoms with Crippen molar-refractivity contribution in [1.82, 2.24) is 20.9 Å². The molecule has 0 rings (SSSR count). The summed E-state index contributed by atoms with van der Waals surface area (Å²) in [5.41, 5.74) is 5.92. The van der Waals surface area contributed by atoms with Gasteiger partial charge in [0.1, 0.15) is 40.9 Å². The first-order valence-corrected chi connectivity index (χ1v) is 10.6. The third kappa shape index (κ3) is 11.4. The molecule has 0 aliphatic heterocycles. The van der Waals surface area contributed by atoms with Crippen LogP contribution in [-0.2, 0) is 19.1 Å². The lowest BCUT2D eigenvalue weighted by Gasteiger charge is -2.28. The van der Waals surface area contributed by atoms with Crippen molar-refractivity contribution in [3.8, 4) is 0 Å². The molecule has 0 aromatic rings. The highest BCUT2D eigenvalue weighted by Crippen LogP contribution is 2.10. The molecule has 182 valence electrons. The molecule has 0 unspecified atom stereocenters. The van der Waals surface area contributed by atoms with Gasteiger partial charge in [0.15, 0.2) is 0 Å². The lowest BCUT2D eigenvalue weighted by molar-refractivity contribution is -0.143. The first kappa shape index (κ1) is 29.0. The minimum atomic E-state index is -1.17. The summed E-state index contributed by atoms with van der Waals surface area (Å²) in [5, 5.41) is 20.4. The van der Waals surface area contributed by atoms with Gasteiger partial charge in [0.2, 0.25) is 16.7 Å². The van der Waals surface area contributed by atoms with Gasteiger partial charge >= 0.3 is 12.1 Å². The van der Waals surface area contributed by atoms with Gasteiger partial charge in [-0.25, -0.2) is 9.59 Å². The Hall–Kier alpha value is -3.01. The Morgan fingerprint density at radius 2 is 1.50 bits per heavy atom. The van der Waals surface area contributed by atoms with E-state index in [4.69, 9.17) is 10.3 Å². The zero-order valence-electron chi connectivity index (χ0n) is 19.9. The van der Waals surface area contributed by atoms with Crippen molar-refractivity contribution >= 4 is 23.9 Å². The highest BCUT2D eigenvalue weighted by atomic mass is 16.6. The van der Waals surface area contributed by atoms with Crippen LogP contribution in [-0.4, -0.2) is 59.3 Å². The van der Waals surface area contributed by atoms with Gasteiger partial charge in [0, 0.05) is 0 Å². The number of aliphatic carboxylic acids is 1. The van der Waals surface area contributed by atoms with Crippen LogP contribution < -0.4 is 20.9 Å². The number of nitrogens with one attached hydrogen (secondary N) is 4. The van der Waals surface area contributed by atoms with Gasteiger partial charge in [-0.2, -0.15) is 0 Å². The molecule has 0 aromatic heterocycles. The van der Waals surface area contributed by atoms with Crippen LogP contribution in [0.2, 0.25) is 0 Å². The number of hydrogen-bond acceptors (Lipinski definition) is 7. The molecule has 0 bridgehead atoms. The summed E-state index contributed by atoms with van der Waals surface area (Å²) in [5.74, 6) is -3.12. The lowest BCUT2D eigenvalue weighted by Crippen LogP contribution is -2.58. The van der Waals surface area contributed by atoms with Crippen LogP contribution in [0.5, 0.6) is 0 Å². The van der Waals surface area contributed by atoms with Crippen LogP contribution >= 0.6 is 0 Å². The number of ether oxygens (including phenoxy) is 1. The van der Waals surface area contributed by atoms with Crippen LogP contribution in [0.1, 0.15) is 61.3 Å². The Kier molecular flexibility index (Phi) is 12.2. The number of rotatable bonds is 12. The van der Waals surface area contributed by atoms with Gasteiger partial charge in [0.05, 0.1) is 0 Å². The first-order valence-electron chi connectivity index (χ1n) is 10.6. The molecule has 0 fully saturated rings. The van der Waals surface area contributed by atoms with Crippen LogP contribution in [0, 0.1) is 17.4 Å². The van der Waals surface area contributed by atoms with Crippen LogP contribution in [0.3, 0.4) is 0 Å². The largest absolute Gasteiger partial charge is 0.480 e. The minimum Gasteiger partial charge on any atom is -0.480 e. The maximum Gasteiger partial charge on any atom is 0.408 e. The SMILES string of the molecule is CC(C)[C@H](NC(=O)[C@@H](NC(=O)[C@H](CCCN=[N+]=N)NC(=O)OC(C)(C)C)C(C)C)C(=O)O. The minimum absolute atomic E-state index is 0.167. The van der Waals surface area contributed by atoms with Crippen molar-refractivity contribution in [3.05, 3.63) is 0 Å². The van der Waals surface area contributed by atoms with Crippen molar-refractivity contribution in [2.24, 2.45) is 17.0 Å². The number of carbonyl (C=O) groups is 4. The monoisotopic (exact) mass is 457 g/mol. The third-order valence-electron chi connectivity index (χ3n) is 4.31. The smallest absolute Gasteiger partial charge is 0.408 e. The van der Waals surface area contributed by atoms with Gasteiger partial charge in [-0.3, -0.25) is 9.59 Å². The molecule has 12 nitrogen and oxygen atoms in total. The molecule has 0 spiro atoms. The summed E-state index contributed by atoms with van der Waals surface area (Å²) >= 11 is 0. The first-order chi connectivity index (χ1) is 14.7. The number of nitrogens with zero attached hydrogens (tertiary/aromatic N) is 2. The molecule has 0 saturated heterocycles. The highest BCUT2D eigenvalue weighted by Gasteiger charge is 2.32. The standard InChI is InChI=1S/C20H36N6O6/c1-11(2)14(17(28)25-15(12(3)4)18(29)30)24-16(27)13(9-8-10-22-26-21)23-19(31)32-20(5,6)7/h11-15,21H,8-10H2,1-7H3,(H3-,23,24,25,27,28,29,30,31)/p+1/t13-,14-,15-/m0/s1. The van der Waals surface area contributed by atoms with Gasteiger partial charge in [-0.05, 0) is 45.4 Å².